The van der Waals surface area contributed by atoms with Crippen molar-refractivity contribution < 1.29 is 38.5 Å². The Morgan fingerprint density at radius 2 is 1.02 bits per heavy atom. The second kappa shape index (κ2) is 9.71. The van der Waals surface area contributed by atoms with Gasteiger partial charge >= 0.3 is 0 Å². The summed E-state index contributed by atoms with van der Waals surface area (Å²) < 4.78 is 27.0. The highest BCUT2D eigenvalue weighted by Gasteiger charge is 2.71. The van der Waals surface area contributed by atoms with Crippen LogP contribution in [0.25, 0.3) is 0 Å². The van der Waals surface area contributed by atoms with Crippen LogP contribution < -0.4 is 0 Å². The SMILES string of the molecule is C=C(CC1O[C@@H]2O[C@@]3(C)CC[C@H]4[C@H](C)CC[C@@H]([C@H]1C)[C@@]24OO3)C[C@H]1O[C@@H]2O[C@]3(C)CC[C@H]4[C@H](C)CC[C@@H]([C@H]1C)[C@@]24OO3. The maximum atomic E-state index is 6.89. The van der Waals surface area contributed by atoms with E-state index in [0.29, 0.717) is 47.3 Å². The van der Waals surface area contributed by atoms with Crippen LogP contribution in [0.15, 0.2) is 12.2 Å². The smallest absolute Gasteiger partial charge is 0.201 e. The lowest BCUT2D eigenvalue weighted by Crippen LogP contribution is -2.70. The molecule has 2 saturated carbocycles. The first-order valence-corrected chi connectivity index (χ1v) is 17.0. The fourth-order valence-electron chi connectivity index (χ4n) is 11.1. The van der Waals surface area contributed by atoms with E-state index in [1.165, 1.54) is 18.4 Å². The van der Waals surface area contributed by atoms with Crippen molar-refractivity contribution >= 4 is 0 Å². The highest BCUT2D eigenvalue weighted by Crippen LogP contribution is 2.63. The normalized spacial score (nSPS) is 59.8. The van der Waals surface area contributed by atoms with Crippen LogP contribution in [0.1, 0.15) is 106 Å². The van der Waals surface area contributed by atoms with E-state index in [9.17, 15) is 0 Å². The average Bonchev–Trinajstić information content (AvgIpc) is 3.32. The highest BCUT2D eigenvalue weighted by molar-refractivity contribution is 5.14. The van der Waals surface area contributed by atoms with Crippen LogP contribution in [0.5, 0.6) is 0 Å². The minimum atomic E-state index is -0.753. The van der Waals surface area contributed by atoms with Crippen LogP contribution in [0.3, 0.4) is 0 Å². The highest BCUT2D eigenvalue weighted by atomic mass is 17.3. The van der Waals surface area contributed by atoms with Crippen molar-refractivity contribution in [3.8, 4) is 0 Å². The molecule has 1 unspecified atom stereocenters. The summed E-state index contributed by atoms with van der Waals surface area (Å²) in [6, 6.07) is 0. The number of rotatable bonds is 4. The lowest BCUT2D eigenvalue weighted by molar-refractivity contribution is -0.571. The van der Waals surface area contributed by atoms with Gasteiger partial charge in [-0.25, -0.2) is 19.6 Å². The van der Waals surface area contributed by atoms with Crippen LogP contribution in [0, 0.1) is 47.3 Å². The minimum Gasteiger partial charge on any atom is -0.346 e. The third-order valence-electron chi connectivity index (χ3n) is 13.6. The molecule has 8 heteroatoms. The predicted molar refractivity (Wildman–Crippen MR) is 152 cm³/mol. The molecular weight excluding hydrogens is 536 g/mol. The fraction of sp³-hybridized carbons (Fsp3) is 0.941. The molecule has 10 rings (SSSR count). The van der Waals surface area contributed by atoms with Crippen molar-refractivity contribution in [2.45, 2.75) is 153 Å². The maximum Gasteiger partial charge on any atom is 0.201 e. The Balaban J connectivity index is 1.01. The lowest BCUT2D eigenvalue weighted by Gasteiger charge is -2.61. The molecule has 42 heavy (non-hydrogen) atoms. The zero-order valence-electron chi connectivity index (χ0n) is 26.5. The van der Waals surface area contributed by atoms with Gasteiger partial charge < -0.3 is 18.9 Å². The molecule has 10 aliphatic rings. The van der Waals surface area contributed by atoms with Gasteiger partial charge in [0.1, 0.15) is 0 Å². The molecule has 8 saturated heterocycles. The Labute approximate surface area is 251 Å². The Bertz CT molecular complexity index is 1020. The van der Waals surface area contributed by atoms with E-state index in [2.05, 4.69) is 34.3 Å². The largest absolute Gasteiger partial charge is 0.346 e. The zero-order chi connectivity index (χ0) is 29.2. The maximum absolute atomic E-state index is 6.89. The number of ether oxygens (including phenoxy) is 4. The van der Waals surface area contributed by atoms with Gasteiger partial charge in [0.15, 0.2) is 23.8 Å². The van der Waals surface area contributed by atoms with Gasteiger partial charge in [0.2, 0.25) is 11.6 Å². The van der Waals surface area contributed by atoms with Crippen LogP contribution in [-0.2, 0) is 38.5 Å². The van der Waals surface area contributed by atoms with E-state index < -0.39 is 35.4 Å². The Morgan fingerprint density at radius 1 is 0.595 bits per heavy atom. The zero-order valence-corrected chi connectivity index (χ0v) is 26.5. The fourth-order valence-corrected chi connectivity index (χ4v) is 11.1. The summed E-state index contributed by atoms with van der Waals surface area (Å²) >= 11 is 0. The third-order valence-corrected chi connectivity index (χ3v) is 13.6. The lowest BCUT2D eigenvalue weighted by atomic mass is 9.57. The molecule has 10 fully saturated rings. The summed E-state index contributed by atoms with van der Waals surface area (Å²) in [7, 11) is 0. The summed E-state index contributed by atoms with van der Waals surface area (Å²) in [5.41, 5.74) is 0.119. The first kappa shape index (κ1) is 28.9. The molecule has 0 aromatic rings. The quantitative estimate of drug-likeness (QED) is 0.262. The van der Waals surface area contributed by atoms with Gasteiger partial charge in [-0.1, -0.05) is 39.8 Å². The van der Waals surface area contributed by atoms with Crippen molar-refractivity contribution in [1.82, 2.24) is 0 Å². The standard InChI is InChI=1S/C34H52O8/c1-18(16-27-21(4)25-10-8-19(2)23-12-14-31(6)37-29(35-27)33(23,25)41-39-31)17-28-22(5)26-11-9-20(3)24-13-15-32(7)38-30(36-28)34(24,26)42-40-32/h19-30H,1,8-17H2,2-7H3/t19-,20-,21-,22-,23+,24+,25+,26+,27-,28?,29-,30-,31+,32-,33-,34-/m1/s1. The van der Waals surface area contributed by atoms with Crippen LogP contribution in [-0.4, -0.2) is 47.6 Å². The molecule has 8 nitrogen and oxygen atoms in total. The van der Waals surface area contributed by atoms with E-state index in [-0.39, 0.29) is 12.2 Å². The second-order valence-corrected chi connectivity index (χ2v) is 16.0. The summed E-state index contributed by atoms with van der Waals surface area (Å²) in [5.74, 6) is 1.66. The molecule has 0 N–H and O–H groups in total. The number of hydrogen-bond acceptors (Lipinski definition) is 8. The molecule has 2 spiro atoms. The molecule has 2 aliphatic carbocycles. The topological polar surface area (TPSA) is 73.8 Å². The second-order valence-electron chi connectivity index (χ2n) is 16.0. The van der Waals surface area contributed by atoms with Gasteiger partial charge in [0, 0.05) is 24.7 Å². The van der Waals surface area contributed by atoms with Crippen LogP contribution >= 0.6 is 0 Å². The molecule has 0 aromatic heterocycles. The molecule has 0 amide bonds. The molecule has 4 bridgehead atoms. The van der Waals surface area contributed by atoms with Crippen molar-refractivity contribution in [2.24, 2.45) is 47.3 Å². The molecule has 16 atom stereocenters. The summed E-state index contributed by atoms with van der Waals surface area (Å²) in [5, 5.41) is 0. The Hall–Kier alpha value is -0.580. The van der Waals surface area contributed by atoms with Crippen molar-refractivity contribution in [3.05, 3.63) is 12.2 Å². The molecule has 0 aromatic carbocycles. The molecular formula is C34H52O8. The predicted octanol–water partition coefficient (Wildman–Crippen LogP) is 6.82. The minimum absolute atomic E-state index is 0.0182. The van der Waals surface area contributed by atoms with Gasteiger partial charge in [0.05, 0.1) is 12.2 Å². The van der Waals surface area contributed by atoms with E-state index in [4.69, 9.17) is 38.5 Å². The van der Waals surface area contributed by atoms with E-state index in [0.717, 1.165) is 51.4 Å². The first-order valence-electron chi connectivity index (χ1n) is 17.0. The first-order chi connectivity index (χ1) is 20.0. The van der Waals surface area contributed by atoms with Crippen LogP contribution in [0.2, 0.25) is 0 Å². The third kappa shape index (κ3) is 3.95. The van der Waals surface area contributed by atoms with Crippen LogP contribution in [0.4, 0.5) is 0 Å². The molecule has 8 aliphatic heterocycles. The molecule has 8 heterocycles. The average molecular weight is 589 g/mol. The molecule has 236 valence electrons. The Kier molecular flexibility index (Phi) is 6.67. The Morgan fingerprint density at radius 3 is 1.45 bits per heavy atom. The van der Waals surface area contributed by atoms with E-state index >= 15 is 0 Å². The van der Waals surface area contributed by atoms with Gasteiger partial charge in [-0.15, -0.1) is 0 Å². The van der Waals surface area contributed by atoms with Crippen molar-refractivity contribution in [2.75, 3.05) is 0 Å². The van der Waals surface area contributed by atoms with Gasteiger partial charge in [-0.2, -0.15) is 0 Å². The summed E-state index contributed by atoms with van der Waals surface area (Å²) in [6.07, 6.45) is 9.19. The van der Waals surface area contributed by atoms with Gasteiger partial charge in [0.25, 0.3) is 0 Å². The summed E-state index contributed by atoms with van der Waals surface area (Å²) in [6.45, 7) is 18.0. The number of hydrogen-bond donors (Lipinski definition) is 0. The summed E-state index contributed by atoms with van der Waals surface area (Å²) in [4.78, 5) is 24.7. The van der Waals surface area contributed by atoms with Crippen molar-refractivity contribution in [1.29, 1.82) is 0 Å². The van der Waals surface area contributed by atoms with Crippen molar-refractivity contribution in [3.63, 3.8) is 0 Å². The van der Waals surface area contributed by atoms with E-state index in [1.54, 1.807) is 0 Å². The monoisotopic (exact) mass is 588 g/mol. The van der Waals surface area contributed by atoms with Gasteiger partial charge in [-0.3, -0.25) is 0 Å². The number of fused-ring (bicyclic) bond motifs is 4. The molecule has 0 radical (unpaired) electrons. The van der Waals surface area contributed by atoms with Gasteiger partial charge in [-0.05, 0) is 101 Å². The van der Waals surface area contributed by atoms with E-state index in [1.807, 2.05) is 13.8 Å².